The predicted molar refractivity (Wildman–Crippen MR) is 65.1 cm³/mol. The van der Waals surface area contributed by atoms with Gasteiger partial charge < -0.3 is 10.7 Å². The van der Waals surface area contributed by atoms with E-state index in [-0.39, 0.29) is 6.04 Å². The summed E-state index contributed by atoms with van der Waals surface area (Å²) in [6.07, 6.45) is 3.84. The Labute approximate surface area is 95.1 Å². The molecule has 3 heteroatoms. The zero-order chi connectivity index (χ0) is 11.1. The van der Waals surface area contributed by atoms with Gasteiger partial charge >= 0.3 is 0 Å². The molecule has 1 unspecified atom stereocenters. The van der Waals surface area contributed by atoms with Gasteiger partial charge in [-0.1, -0.05) is 18.9 Å². The predicted octanol–water partition coefficient (Wildman–Crippen LogP) is 2.67. The van der Waals surface area contributed by atoms with Gasteiger partial charge in [0.15, 0.2) is 0 Å². The van der Waals surface area contributed by atoms with Crippen LogP contribution in [0.3, 0.4) is 0 Å². The average Bonchev–Trinajstić information content (AvgIpc) is 2.96. The highest BCUT2D eigenvalue weighted by molar-refractivity contribution is 5.75. The Bertz CT molecular complexity index is 511. The molecule has 3 N–H and O–H groups in total. The Morgan fingerprint density at radius 2 is 2.31 bits per heavy atom. The zero-order valence-corrected chi connectivity index (χ0v) is 9.53. The first-order valence-electron chi connectivity index (χ1n) is 5.94. The van der Waals surface area contributed by atoms with Gasteiger partial charge in [-0.15, -0.1) is 0 Å². The van der Waals surface area contributed by atoms with Gasteiger partial charge in [0.1, 0.15) is 5.82 Å². The second-order valence-electron chi connectivity index (χ2n) is 4.88. The lowest BCUT2D eigenvalue weighted by Gasteiger charge is -2.10. The van der Waals surface area contributed by atoms with E-state index < -0.39 is 0 Å². The molecule has 1 fully saturated rings. The number of nitrogens with two attached hydrogens (primary N) is 1. The van der Waals surface area contributed by atoms with Crippen LogP contribution >= 0.6 is 0 Å². The lowest BCUT2D eigenvalue weighted by molar-refractivity contribution is 0.597. The van der Waals surface area contributed by atoms with E-state index in [2.05, 4.69) is 28.2 Å². The van der Waals surface area contributed by atoms with Crippen LogP contribution in [0.5, 0.6) is 0 Å². The van der Waals surface area contributed by atoms with Crippen molar-refractivity contribution in [2.24, 2.45) is 11.7 Å². The van der Waals surface area contributed by atoms with E-state index >= 15 is 0 Å². The summed E-state index contributed by atoms with van der Waals surface area (Å²) < 4.78 is 0. The molecule has 0 aliphatic heterocycles. The van der Waals surface area contributed by atoms with E-state index in [1.165, 1.54) is 18.4 Å². The summed E-state index contributed by atoms with van der Waals surface area (Å²) in [4.78, 5) is 7.65. The molecule has 0 amide bonds. The molecular weight excluding hydrogens is 198 g/mol. The van der Waals surface area contributed by atoms with E-state index in [0.717, 1.165) is 29.2 Å². The van der Waals surface area contributed by atoms with Crippen molar-refractivity contribution in [1.82, 2.24) is 9.97 Å². The van der Waals surface area contributed by atoms with E-state index in [4.69, 9.17) is 5.73 Å². The van der Waals surface area contributed by atoms with Crippen molar-refractivity contribution in [3.8, 4) is 0 Å². The average molecular weight is 215 g/mol. The Hall–Kier alpha value is -1.35. The van der Waals surface area contributed by atoms with E-state index in [1.54, 1.807) is 0 Å². The lowest BCUT2D eigenvalue weighted by atomic mass is 10.0. The van der Waals surface area contributed by atoms with Crippen molar-refractivity contribution in [3.63, 3.8) is 0 Å². The molecule has 0 spiro atoms. The van der Waals surface area contributed by atoms with Crippen molar-refractivity contribution in [1.29, 1.82) is 0 Å². The largest absolute Gasteiger partial charge is 0.342 e. The number of fused-ring (bicyclic) bond motifs is 1. The highest BCUT2D eigenvalue weighted by Gasteiger charge is 2.24. The molecule has 0 bridgehead atoms. The normalized spacial score (nSPS) is 17.9. The molecule has 1 aromatic heterocycles. The van der Waals surface area contributed by atoms with E-state index in [0.29, 0.717) is 0 Å². The van der Waals surface area contributed by atoms with Crippen LogP contribution in [0.15, 0.2) is 18.2 Å². The topological polar surface area (TPSA) is 54.7 Å². The quantitative estimate of drug-likeness (QED) is 0.827. The third-order valence-electron chi connectivity index (χ3n) is 3.34. The number of imidazole rings is 1. The van der Waals surface area contributed by atoms with Crippen molar-refractivity contribution < 1.29 is 0 Å². The summed E-state index contributed by atoms with van der Waals surface area (Å²) in [5.41, 5.74) is 9.55. The maximum absolute atomic E-state index is 6.20. The molecule has 1 heterocycles. The van der Waals surface area contributed by atoms with Crippen LogP contribution in [0.2, 0.25) is 0 Å². The molecule has 1 aliphatic rings. The standard InChI is InChI=1S/C13H17N3/c1-8-15-12-5-4-10(7-13(12)16-8)11(14)6-9-2-3-9/h4-5,7,9,11H,2-3,6,14H2,1H3,(H,15,16). The monoisotopic (exact) mass is 215 g/mol. The molecule has 2 aromatic rings. The van der Waals surface area contributed by atoms with Gasteiger partial charge in [-0.25, -0.2) is 4.98 Å². The maximum Gasteiger partial charge on any atom is 0.104 e. The minimum absolute atomic E-state index is 0.181. The third-order valence-corrected chi connectivity index (χ3v) is 3.34. The van der Waals surface area contributed by atoms with E-state index in [1.807, 2.05) is 6.92 Å². The fourth-order valence-corrected chi connectivity index (χ4v) is 2.23. The first-order valence-corrected chi connectivity index (χ1v) is 5.94. The molecule has 1 atom stereocenters. The minimum atomic E-state index is 0.181. The number of H-pyrrole nitrogens is 1. The van der Waals surface area contributed by atoms with Gasteiger partial charge in [0.05, 0.1) is 11.0 Å². The van der Waals surface area contributed by atoms with Crippen LogP contribution < -0.4 is 5.73 Å². The lowest BCUT2D eigenvalue weighted by Crippen LogP contribution is -2.10. The van der Waals surface area contributed by atoms with Crippen molar-refractivity contribution in [2.75, 3.05) is 0 Å². The van der Waals surface area contributed by atoms with Crippen molar-refractivity contribution >= 4 is 11.0 Å². The molecular formula is C13H17N3. The van der Waals surface area contributed by atoms with Crippen LogP contribution in [0.1, 0.15) is 36.7 Å². The molecule has 3 nitrogen and oxygen atoms in total. The minimum Gasteiger partial charge on any atom is -0.342 e. The highest BCUT2D eigenvalue weighted by atomic mass is 14.9. The Morgan fingerprint density at radius 1 is 1.50 bits per heavy atom. The number of aromatic nitrogens is 2. The number of hydrogen-bond donors (Lipinski definition) is 2. The molecule has 3 rings (SSSR count). The van der Waals surface area contributed by atoms with Gasteiger partial charge in [-0.2, -0.15) is 0 Å². The first-order chi connectivity index (χ1) is 7.72. The molecule has 84 valence electrons. The number of aryl methyl sites for hydroxylation is 1. The fourth-order valence-electron chi connectivity index (χ4n) is 2.23. The van der Waals surface area contributed by atoms with Gasteiger partial charge in [0.2, 0.25) is 0 Å². The molecule has 1 saturated carbocycles. The number of rotatable bonds is 3. The molecule has 0 saturated heterocycles. The van der Waals surface area contributed by atoms with Crippen LogP contribution in [0, 0.1) is 12.8 Å². The fraction of sp³-hybridized carbons (Fsp3) is 0.462. The summed E-state index contributed by atoms with van der Waals surface area (Å²) in [6, 6.07) is 6.49. The number of hydrogen-bond acceptors (Lipinski definition) is 2. The van der Waals surface area contributed by atoms with Crippen LogP contribution in [-0.4, -0.2) is 9.97 Å². The summed E-state index contributed by atoms with van der Waals surface area (Å²) in [5.74, 6) is 1.83. The highest BCUT2D eigenvalue weighted by Crippen LogP contribution is 2.36. The molecule has 0 radical (unpaired) electrons. The van der Waals surface area contributed by atoms with E-state index in [9.17, 15) is 0 Å². The third kappa shape index (κ3) is 1.83. The van der Waals surface area contributed by atoms with Crippen LogP contribution in [-0.2, 0) is 0 Å². The Kier molecular flexibility index (Phi) is 2.21. The van der Waals surface area contributed by atoms with Crippen molar-refractivity contribution in [3.05, 3.63) is 29.6 Å². The van der Waals surface area contributed by atoms with Crippen LogP contribution in [0.25, 0.3) is 11.0 Å². The molecule has 1 aromatic carbocycles. The van der Waals surface area contributed by atoms with Crippen LogP contribution in [0.4, 0.5) is 0 Å². The van der Waals surface area contributed by atoms with Gasteiger partial charge in [0.25, 0.3) is 0 Å². The van der Waals surface area contributed by atoms with Crippen molar-refractivity contribution in [2.45, 2.75) is 32.2 Å². The maximum atomic E-state index is 6.20. The summed E-state index contributed by atoms with van der Waals surface area (Å²) in [7, 11) is 0. The number of nitrogens with zero attached hydrogens (tertiary/aromatic N) is 1. The smallest absolute Gasteiger partial charge is 0.104 e. The second kappa shape index (κ2) is 3.59. The Balaban J connectivity index is 1.90. The summed E-state index contributed by atoms with van der Waals surface area (Å²) in [5, 5.41) is 0. The summed E-state index contributed by atoms with van der Waals surface area (Å²) >= 11 is 0. The summed E-state index contributed by atoms with van der Waals surface area (Å²) in [6.45, 7) is 1.98. The number of nitrogens with one attached hydrogen (secondary N) is 1. The Morgan fingerprint density at radius 3 is 3.06 bits per heavy atom. The van der Waals surface area contributed by atoms with Gasteiger partial charge in [0, 0.05) is 6.04 Å². The second-order valence-corrected chi connectivity index (χ2v) is 4.88. The number of benzene rings is 1. The number of aromatic amines is 1. The molecule has 16 heavy (non-hydrogen) atoms. The molecule has 1 aliphatic carbocycles. The first kappa shape index (κ1) is 9.85. The van der Waals surface area contributed by atoms with Gasteiger partial charge in [-0.05, 0) is 37.0 Å². The van der Waals surface area contributed by atoms with Gasteiger partial charge in [-0.3, -0.25) is 0 Å². The zero-order valence-electron chi connectivity index (χ0n) is 9.53. The SMILES string of the molecule is Cc1nc2ccc(C(N)CC3CC3)cc2[nH]1.